The molecule has 0 amide bonds. The minimum Gasteiger partial charge on any atom is -0.462 e. The van der Waals surface area contributed by atoms with Crippen LogP contribution >= 0.6 is 0 Å². The molecule has 1 heterocycles. The van der Waals surface area contributed by atoms with Gasteiger partial charge < -0.3 is 9.47 Å². The summed E-state index contributed by atoms with van der Waals surface area (Å²) in [5.41, 5.74) is -0.0695. The van der Waals surface area contributed by atoms with Crippen molar-refractivity contribution in [2.45, 2.75) is 30.8 Å². The van der Waals surface area contributed by atoms with Crippen LogP contribution in [0.4, 0.5) is 0 Å². The summed E-state index contributed by atoms with van der Waals surface area (Å²) in [6.45, 7) is 2.35. The number of aromatic amines is 1. The predicted octanol–water partition coefficient (Wildman–Crippen LogP) is 0.386. The minimum atomic E-state index is -3.83. The van der Waals surface area contributed by atoms with Crippen molar-refractivity contribution in [1.29, 1.82) is 0 Å². The Hall–Kier alpha value is -1.45. The summed E-state index contributed by atoms with van der Waals surface area (Å²) in [4.78, 5) is 11.8. The van der Waals surface area contributed by atoms with Gasteiger partial charge in [-0.25, -0.2) is 13.2 Å². The number of hydrogen-bond acceptors (Lipinski definition) is 6. The Morgan fingerprint density at radius 2 is 2.24 bits per heavy atom. The zero-order chi connectivity index (χ0) is 15.5. The van der Waals surface area contributed by atoms with Crippen LogP contribution in [0.15, 0.2) is 11.2 Å². The molecule has 0 aliphatic heterocycles. The zero-order valence-corrected chi connectivity index (χ0v) is 12.9. The number of sulfonamides is 1. The molecule has 1 aromatic rings. The SMILES string of the molecule is CCOC(=O)c1cn[nH]c1S(=O)(=O)N(CCOC)C1CC1. The second-order valence-electron chi connectivity index (χ2n) is 4.67. The lowest BCUT2D eigenvalue weighted by molar-refractivity contribution is 0.0521. The number of rotatable bonds is 8. The van der Waals surface area contributed by atoms with Crippen molar-refractivity contribution in [3.8, 4) is 0 Å². The number of H-pyrrole nitrogens is 1. The van der Waals surface area contributed by atoms with Crippen molar-refractivity contribution in [3.63, 3.8) is 0 Å². The van der Waals surface area contributed by atoms with E-state index in [0.717, 1.165) is 12.8 Å². The van der Waals surface area contributed by atoms with Gasteiger partial charge in [0.2, 0.25) is 0 Å². The Morgan fingerprint density at radius 1 is 1.52 bits per heavy atom. The van der Waals surface area contributed by atoms with E-state index in [2.05, 4.69) is 10.2 Å². The molecule has 1 aliphatic rings. The maximum atomic E-state index is 12.7. The maximum absolute atomic E-state index is 12.7. The van der Waals surface area contributed by atoms with Crippen LogP contribution in [0, 0.1) is 0 Å². The van der Waals surface area contributed by atoms with E-state index in [9.17, 15) is 13.2 Å². The predicted molar refractivity (Wildman–Crippen MR) is 73.3 cm³/mol. The van der Waals surface area contributed by atoms with Crippen LogP contribution in [0.5, 0.6) is 0 Å². The Kier molecular flexibility index (Phi) is 4.96. The highest BCUT2D eigenvalue weighted by Gasteiger charge is 2.40. The van der Waals surface area contributed by atoms with Gasteiger partial charge in [-0.3, -0.25) is 5.10 Å². The zero-order valence-electron chi connectivity index (χ0n) is 12.0. The smallest absolute Gasteiger partial charge is 0.342 e. The van der Waals surface area contributed by atoms with E-state index < -0.39 is 16.0 Å². The quantitative estimate of drug-likeness (QED) is 0.696. The van der Waals surface area contributed by atoms with Gasteiger partial charge in [-0.2, -0.15) is 9.40 Å². The molecule has 0 atom stereocenters. The second-order valence-corrected chi connectivity index (χ2v) is 6.50. The summed E-state index contributed by atoms with van der Waals surface area (Å²) in [5.74, 6) is -0.702. The summed E-state index contributed by atoms with van der Waals surface area (Å²) in [6.07, 6.45) is 2.80. The first kappa shape index (κ1) is 15.9. The van der Waals surface area contributed by atoms with Crippen molar-refractivity contribution >= 4 is 16.0 Å². The molecule has 0 saturated heterocycles. The molecule has 21 heavy (non-hydrogen) atoms. The first-order valence-corrected chi connectivity index (χ1v) is 8.17. The topological polar surface area (TPSA) is 102 Å². The maximum Gasteiger partial charge on any atom is 0.342 e. The number of esters is 1. The van der Waals surface area contributed by atoms with Gasteiger partial charge in [0.05, 0.1) is 19.4 Å². The standard InChI is InChI=1S/C12H19N3O5S/c1-3-20-12(16)10-8-13-14-11(10)21(17,18)15(6-7-19-2)9-4-5-9/h8-9H,3-7H2,1-2H3,(H,13,14). The fourth-order valence-electron chi connectivity index (χ4n) is 1.99. The minimum absolute atomic E-state index is 0.0384. The van der Waals surface area contributed by atoms with Gasteiger partial charge in [0.25, 0.3) is 10.0 Å². The molecule has 0 bridgehead atoms. The van der Waals surface area contributed by atoms with Crippen LogP contribution in [-0.2, 0) is 19.5 Å². The molecule has 8 nitrogen and oxygen atoms in total. The molecule has 0 aromatic carbocycles. The average molecular weight is 317 g/mol. The Balaban J connectivity index is 2.30. The van der Waals surface area contributed by atoms with Crippen LogP contribution in [0.2, 0.25) is 0 Å². The molecule has 1 saturated carbocycles. The van der Waals surface area contributed by atoms with Crippen LogP contribution < -0.4 is 0 Å². The average Bonchev–Trinajstić information content (AvgIpc) is 3.13. The van der Waals surface area contributed by atoms with Gasteiger partial charge in [0, 0.05) is 19.7 Å². The molecule has 1 N–H and O–H groups in total. The number of carbonyl (C=O) groups is 1. The highest BCUT2D eigenvalue weighted by Crippen LogP contribution is 2.32. The number of nitrogens with zero attached hydrogens (tertiary/aromatic N) is 2. The number of aromatic nitrogens is 2. The lowest BCUT2D eigenvalue weighted by Crippen LogP contribution is -2.36. The van der Waals surface area contributed by atoms with E-state index in [0.29, 0.717) is 6.61 Å². The molecule has 0 spiro atoms. The van der Waals surface area contributed by atoms with Crippen LogP contribution in [0.25, 0.3) is 0 Å². The van der Waals surface area contributed by atoms with Crippen LogP contribution in [0.1, 0.15) is 30.1 Å². The molecule has 9 heteroatoms. The number of carbonyl (C=O) groups excluding carboxylic acids is 1. The summed E-state index contributed by atoms with van der Waals surface area (Å²) in [6, 6.07) is -0.0384. The molecule has 1 aromatic heterocycles. The number of ether oxygens (including phenoxy) is 2. The highest BCUT2D eigenvalue weighted by atomic mass is 32.2. The first-order valence-electron chi connectivity index (χ1n) is 6.73. The molecule has 0 radical (unpaired) electrons. The Labute approximate surface area is 123 Å². The van der Waals surface area contributed by atoms with E-state index >= 15 is 0 Å². The molecular weight excluding hydrogens is 298 g/mol. The molecule has 1 aliphatic carbocycles. The Morgan fingerprint density at radius 3 is 2.81 bits per heavy atom. The number of methoxy groups -OCH3 is 1. The fourth-order valence-corrected chi connectivity index (χ4v) is 3.72. The number of hydrogen-bond donors (Lipinski definition) is 1. The van der Waals surface area contributed by atoms with E-state index in [-0.39, 0.29) is 29.8 Å². The lowest BCUT2D eigenvalue weighted by atomic mass is 10.4. The first-order chi connectivity index (χ1) is 10.0. The fraction of sp³-hybridized carbons (Fsp3) is 0.667. The highest BCUT2D eigenvalue weighted by molar-refractivity contribution is 7.89. The van der Waals surface area contributed by atoms with Gasteiger partial charge >= 0.3 is 5.97 Å². The van der Waals surface area contributed by atoms with Gasteiger partial charge in [-0.05, 0) is 19.8 Å². The molecule has 0 unspecified atom stereocenters. The van der Waals surface area contributed by atoms with E-state index in [1.165, 1.54) is 17.6 Å². The van der Waals surface area contributed by atoms with Crippen LogP contribution in [0.3, 0.4) is 0 Å². The monoisotopic (exact) mass is 317 g/mol. The van der Waals surface area contributed by atoms with Gasteiger partial charge in [-0.15, -0.1) is 0 Å². The molecule has 1 fully saturated rings. The third-order valence-electron chi connectivity index (χ3n) is 3.14. The van der Waals surface area contributed by atoms with Gasteiger partial charge in [-0.1, -0.05) is 0 Å². The van der Waals surface area contributed by atoms with Crippen molar-refractivity contribution in [2.24, 2.45) is 0 Å². The van der Waals surface area contributed by atoms with Crippen molar-refractivity contribution in [2.75, 3.05) is 26.9 Å². The summed E-state index contributed by atoms with van der Waals surface area (Å²) >= 11 is 0. The third kappa shape index (κ3) is 3.42. The largest absolute Gasteiger partial charge is 0.462 e. The van der Waals surface area contributed by atoms with Crippen molar-refractivity contribution in [3.05, 3.63) is 11.8 Å². The van der Waals surface area contributed by atoms with Gasteiger partial charge in [0.1, 0.15) is 5.56 Å². The van der Waals surface area contributed by atoms with Gasteiger partial charge in [0.15, 0.2) is 5.03 Å². The molecular formula is C12H19N3O5S. The van der Waals surface area contributed by atoms with E-state index in [1.54, 1.807) is 6.92 Å². The Bertz CT molecular complexity index is 594. The summed E-state index contributed by atoms with van der Waals surface area (Å²) in [7, 11) is -2.31. The summed E-state index contributed by atoms with van der Waals surface area (Å²) in [5, 5.41) is 5.86. The van der Waals surface area contributed by atoms with Crippen LogP contribution in [-0.4, -0.2) is 61.8 Å². The number of nitrogens with one attached hydrogen (secondary N) is 1. The second kappa shape index (κ2) is 6.54. The van der Waals surface area contributed by atoms with Crippen molar-refractivity contribution in [1.82, 2.24) is 14.5 Å². The normalized spacial score (nSPS) is 15.4. The van der Waals surface area contributed by atoms with E-state index in [4.69, 9.17) is 9.47 Å². The third-order valence-corrected chi connectivity index (χ3v) is 5.06. The van der Waals surface area contributed by atoms with Crippen molar-refractivity contribution < 1.29 is 22.7 Å². The van der Waals surface area contributed by atoms with E-state index in [1.807, 2.05) is 0 Å². The molecule has 2 rings (SSSR count). The molecule has 118 valence electrons. The summed E-state index contributed by atoms with van der Waals surface area (Å²) < 4.78 is 36.6. The lowest BCUT2D eigenvalue weighted by Gasteiger charge is -2.20.